The van der Waals surface area contributed by atoms with Crippen molar-refractivity contribution in [3.05, 3.63) is 12.2 Å². The molecule has 0 amide bonds. The number of aliphatic carboxylic acids is 1. The van der Waals surface area contributed by atoms with Crippen LogP contribution in [0.2, 0.25) is 0 Å². The van der Waals surface area contributed by atoms with Crippen molar-refractivity contribution in [2.75, 3.05) is 6.54 Å². The molecular weight excluding hydrogens is 325 g/mol. The average molecular weight is 364 g/mol. The summed E-state index contributed by atoms with van der Waals surface area (Å²) in [4.78, 5) is 20.1. The molecule has 0 saturated carbocycles. The van der Waals surface area contributed by atoms with E-state index in [-0.39, 0.29) is 6.54 Å². The maximum absolute atomic E-state index is 10.8. The summed E-state index contributed by atoms with van der Waals surface area (Å²) in [6.45, 7) is 1.99. The third-order valence-corrected chi connectivity index (χ3v) is 4.47. The van der Waals surface area contributed by atoms with Gasteiger partial charge in [-0.1, -0.05) is 39.0 Å². The number of carboxylic acid groups (broad SMARTS) is 1. The molecule has 0 aromatic carbocycles. The molecule has 5 heteroatoms. The van der Waals surface area contributed by atoms with Gasteiger partial charge in [-0.2, -0.15) is 0 Å². The minimum atomic E-state index is -0.968. The zero-order chi connectivity index (χ0) is 19.2. The third-order valence-electron chi connectivity index (χ3n) is 3.97. The van der Waals surface area contributed by atoms with E-state index in [1.807, 2.05) is 0 Å². The molecule has 0 aliphatic rings. The van der Waals surface area contributed by atoms with Gasteiger partial charge in [0.25, 0.3) is 0 Å². The van der Waals surface area contributed by atoms with E-state index < -0.39 is 5.97 Å². The van der Waals surface area contributed by atoms with Gasteiger partial charge in [0.15, 0.2) is 0 Å². The number of hydrogen-bond donors (Lipinski definition) is 2. The molecule has 0 spiro atoms. The van der Waals surface area contributed by atoms with Gasteiger partial charge in [-0.05, 0) is 0 Å². The van der Waals surface area contributed by atoms with E-state index in [4.69, 9.17) is 5.11 Å². The Morgan fingerprint density at radius 3 is 1.64 bits per heavy atom. The second-order valence-corrected chi connectivity index (χ2v) is 7.75. The second kappa shape index (κ2) is 23.8. The minimum absolute atomic E-state index is 0.278. The van der Waals surface area contributed by atoms with Crippen molar-refractivity contribution in [3.63, 3.8) is 0 Å². The number of carboxylic acids is 1. The summed E-state index contributed by atoms with van der Waals surface area (Å²) in [5.74, 6) is -0.968. The third kappa shape index (κ3) is 32.0. The standard InChI is InChI=1S/C18H33O.C2H5NO2.Na/c1-2-3-4-5-6-7-8-9-10-11-12-13-14-15-16-17-18-19;3-1-2(4)5;/h9-10H,2-8,11-17H2,1H3;1,3H2,(H,4,5);/b10-9-;;. The Bertz CT molecular complexity index is 333. The summed E-state index contributed by atoms with van der Waals surface area (Å²) in [6.07, 6.45) is 22.8. The molecule has 0 fully saturated rings. The Kier molecular flexibility index (Phi) is 25.8. The van der Waals surface area contributed by atoms with E-state index in [2.05, 4.69) is 24.8 Å². The van der Waals surface area contributed by atoms with E-state index in [0.717, 1.165) is 40.8 Å². The molecule has 0 aliphatic carbocycles. The van der Waals surface area contributed by atoms with E-state index in [1.54, 1.807) is 0 Å². The van der Waals surface area contributed by atoms with Crippen molar-refractivity contribution in [2.24, 2.45) is 5.73 Å². The van der Waals surface area contributed by atoms with Crippen LogP contribution in [0.1, 0.15) is 96.8 Å². The topological polar surface area (TPSA) is 80.4 Å². The predicted molar refractivity (Wildman–Crippen MR) is 107 cm³/mol. The van der Waals surface area contributed by atoms with E-state index in [0.29, 0.717) is 3.03 Å². The van der Waals surface area contributed by atoms with Crippen LogP contribution < -0.4 is 5.73 Å². The summed E-state index contributed by atoms with van der Waals surface area (Å²) < 4.78 is 0.475. The summed E-state index contributed by atoms with van der Waals surface area (Å²) in [6, 6.07) is 0. The van der Waals surface area contributed by atoms with Gasteiger partial charge in [0, 0.05) is 0 Å². The zero-order valence-corrected chi connectivity index (χ0v) is 18.6. The quantitative estimate of drug-likeness (QED) is 0.236. The van der Waals surface area contributed by atoms with E-state index in [9.17, 15) is 9.59 Å². The molecule has 3 N–H and O–H groups in total. The van der Waals surface area contributed by atoms with Crippen molar-refractivity contribution in [1.82, 2.24) is 0 Å². The normalized spacial score (nSPS) is 10.6. The monoisotopic (exact) mass is 363 g/mol. The molecule has 0 heterocycles. The SMILES string of the molecule is CCCCCCCC/C=C\CCCCCCC[C](=O)[Na].NCC(=O)O. The molecule has 0 radical (unpaired) electrons. The van der Waals surface area contributed by atoms with Gasteiger partial charge in [0.05, 0.1) is 6.54 Å². The predicted octanol–water partition coefficient (Wildman–Crippen LogP) is 4.75. The van der Waals surface area contributed by atoms with Gasteiger partial charge in [-0.15, -0.1) is 0 Å². The first kappa shape index (κ1) is 27.1. The van der Waals surface area contributed by atoms with Gasteiger partial charge < -0.3 is 10.8 Å². The number of unbranched alkanes of at least 4 members (excludes halogenated alkanes) is 11. The zero-order valence-electron chi connectivity index (χ0n) is 16.6. The number of nitrogens with two attached hydrogens (primary N) is 1. The van der Waals surface area contributed by atoms with Crippen LogP contribution in [0.15, 0.2) is 12.2 Å². The van der Waals surface area contributed by atoms with Gasteiger partial charge in [-0.3, -0.25) is 4.79 Å². The average Bonchev–Trinajstić information content (AvgIpc) is 2.58. The number of carbonyl (C=O) groups excluding carboxylic acids is 1. The molecule has 142 valence electrons. The van der Waals surface area contributed by atoms with Crippen LogP contribution in [0.5, 0.6) is 0 Å². The number of allylic oxidation sites excluding steroid dienone is 2. The molecule has 0 atom stereocenters. The fourth-order valence-corrected chi connectivity index (χ4v) is 2.80. The largest absolute Gasteiger partial charge is 0.480 e. The second-order valence-electron chi connectivity index (χ2n) is 6.63. The first-order valence-electron chi connectivity index (χ1n) is 10.1. The molecule has 0 saturated heterocycles. The molecule has 4 nitrogen and oxygen atoms in total. The van der Waals surface area contributed by atoms with Crippen LogP contribution in [0.3, 0.4) is 0 Å². The Morgan fingerprint density at radius 1 is 0.840 bits per heavy atom. The van der Waals surface area contributed by atoms with Crippen LogP contribution in [-0.2, 0) is 9.59 Å². The molecule has 0 aromatic heterocycles. The van der Waals surface area contributed by atoms with E-state index in [1.165, 1.54) is 77.0 Å². The Morgan fingerprint density at radius 2 is 1.24 bits per heavy atom. The van der Waals surface area contributed by atoms with Gasteiger partial charge in [-0.25, -0.2) is 0 Å². The van der Waals surface area contributed by atoms with Crippen molar-refractivity contribution in [2.45, 2.75) is 96.8 Å². The summed E-state index contributed by atoms with van der Waals surface area (Å²) in [5, 5.41) is 7.60. The molecule has 25 heavy (non-hydrogen) atoms. The first-order chi connectivity index (χ1) is 12.0. The minimum Gasteiger partial charge on any atom is -0.480 e. The Hall–Kier alpha value is -0.160. The van der Waals surface area contributed by atoms with Crippen LogP contribution in [-0.4, -0.2) is 48.6 Å². The fraction of sp³-hybridized carbons (Fsp3) is 0.800. The van der Waals surface area contributed by atoms with Crippen LogP contribution in [0, 0.1) is 0 Å². The van der Waals surface area contributed by atoms with Crippen LogP contribution >= 0.6 is 0 Å². The summed E-state index contributed by atoms with van der Waals surface area (Å²) in [7, 11) is 0. The van der Waals surface area contributed by atoms with Crippen molar-refractivity contribution in [1.29, 1.82) is 0 Å². The van der Waals surface area contributed by atoms with Gasteiger partial charge in [0.1, 0.15) is 0 Å². The molecule has 0 bridgehead atoms. The smallest absolute Gasteiger partial charge is 0.317 e. The molecule has 0 aliphatic heterocycles. The summed E-state index contributed by atoms with van der Waals surface area (Å²) >= 11 is 0.742. The molecule has 0 aromatic rings. The number of rotatable bonds is 16. The molecule has 0 unspecified atom stereocenters. The maximum atomic E-state index is 10.8. The van der Waals surface area contributed by atoms with Crippen LogP contribution in [0.4, 0.5) is 0 Å². The Balaban J connectivity index is 0. The van der Waals surface area contributed by atoms with Crippen LogP contribution in [0.25, 0.3) is 0 Å². The van der Waals surface area contributed by atoms with Crippen molar-refractivity contribution < 1.29 is 14.7 Å². The van der Waals surface area contributed by atoms with Crippen molar-refractivity contribution >= 4 is 36.9 Å². The first-order valence-corrected chi connectivity index (χ1v) is 11.1. The summed E-state index contributed by atoms with van der Waals surface area (Å²) in [5.41, 5.74) is 4.57. The van der Waals surface area contributed by atoms with E-state index >= 15 is 0 Å². The maximum Gasteiger partial charge on any atom is 0.317 e. The molecular formula is C20H38NNaO3. The van der Waals surface area contributed by atoms with Gasteiger partial charge in [0.2, 0.25) is 0 Å². The Labute approximate surface area is 172 Å². The number of hydrogen-bond acceptors (Lipinski definition) is 3. The molecule has 0 rings (SSSR count). The van der Waals surface area contributed by atoms with Crippen molar-refractivity contribution in [3.8, 4) is 0 Å². The number of carbonyl (C=O) groups is 2. The fourth-order valence-electron chi connectivity index (χ4n) is 2.44. The van der Waals surface area contributed by atoms with Gasteiger partial charge >= 0.3 is 112 Å².